The number of carbonyl (C=O) groups excluding carboxylic acids is 1. The van der Waals surface area contributed by atoms with Gasteiger partial charge >= 0.3 is 0 Å². The van der Waals surface area contributed by atoms with Crippen LogP contribution in [0.4, 0.5) is 0 Å². The van der Waals surface area contributed by atoms with Gasteiger partial charge in [0.15, 0.2) is 0 Å². The molecule has 0 saturated heterocycles. The molecule has 0 saturated carbocycles. The summed E-state index contributed by atoms with van der Waals surface area (Å²) in [4.78, 5) is 12.3. The van der Waals surface area contributed by atoms with E-state index in [0.29, 0.717) is 18.3 Å². The first-order valence-corrected chi connectivity index (χ1v) is 8.39. The number of carbonyl (C=O) groups is 1. The number of hydrogen-bond donors (Lipinski definition) is 1. The zero-order valence-electron chi connectivity index (χ0n) is 14.3. The highest BCUT2D eigenvalue weighted by Gasteiger charge is 2.10. The summed E-state index contributed by atoms with van der Waals surface area (Å²) in [6, 6.07) is 17.7. The van der Waals surface area contributed by atoms with Gasteiger partial charge in [0, 0.05) is 30.7 Å². The molecule has 0 unspecified atom stereocenters. The summed E-state index contributed by atoms with van der Waals surface area (Å²) < 4.78 is 7.41. The van der Waals surface area contributed by atoms with Crippen LogP contribution in [0.1, 0.15) is 11.5 Å². The Kier molecular flexibility index (Phi) is 4.23. The van der Waals surface area contributed by atoms with Gasteiger partial charge in [-0.2, -0.15) is 0 Å². The topological polar surface area (TPSA) is 73.0 Å². The summed E-state index contributed by atoms with van der Waals surface area (Å²) in [5.74, 6) is 0.965. The Bertz CT molecular complexity index is 1050. The molecular weight excluding hydrogens is 328 g/mol. The molecule has 0 bridgehead atoms. The van der Waals surface area contributed by atoms with E-state index < -0.39 is 0 Å². The third-order valence-electron chi connectivity index (χ3n) is 4.19. The second kappa shape index (κ2) is 6.84. The van der Waals surface area contributed by atoms with Crippen LogP contribution in [0, 0.1) is 6.92 Å². The van der Waals surface area contributed by atoms with E-state index in [9.17, 15) is 4.79 Å². The van der Waals surface area contributed by atoms with Crippen molar-refractivity contribution in [1.82, 2.24) is 20.1 Å². The molecule has 4 rings (SSSR count). The van der Waals surface area contributed by atoms with Gasteiger partial charge < -0.3 is 14.3 Å². The summed E-state index contributed by atoms with van der Waals surface area (Å²) in [5.41, 5.74) is 2.86. The van der Waals surface area contributed by atoms with Gasteiger partial charge in [0.2, 0.25) is 17.7 Å². The first-order chi connectivity index (χ1) is 12.7. The van der Waals surface area contributed by atoms with Crippen molar-refractivity contribution in [2.24, 2.45) is 0 Å². The first kappa shape index (κ1) is 16.1. The van der Waals surface area contributed by atoms with Crippen LogP contribution < -0.4 is 5.32 Å². The Labute approximate surface area is 150 Å². The third kappa shape index (κ3) is 3.35. The van der Waals surface area contributed by atoms with Crippen LogP contribution in [-0.4, -0.2) is 20.7 Å². The lowest BCUT2D eigenvalue weighted by atomic mass is 10.1. The second-order valence-electron chi connectivity index (χ2n) is 6.11. The van der Waals surface area contributed by atoms with Crippen molar-refractivity contribution in [2.75, 3.05) is 0 Å². The maximum Gasteiger partial charge on any atom is 0.247 e. The Hall–Kier alpha value is -3.41. The van der Waals surface area contributed by atoms with Crippen LogP contribution in [0.25, 0.3) is 22.4 Å². The molecule has 6 heteroatoms. The SMILES string of the molecule is Cc1nnc(-c2ccc3ccn(CC(=O)NCc4ccccc4)c3c2)o1. The van der Waals surface area contributed by atoms with Crippen molar-refractivity contribution in [3.05, 3.63) is 72.2 Å². The molecule has 0 aliphatic carbocycles. The predicted molar refractivity (Wildman–Crippen MR) is 98.3 cm³/mol. The highest BCUT2D eigenvalue weighted by Crippen LogP contribution is 2.24. The van der Waals surface area contributed by atoms with E-state index in [4.69, 9.17) is 4.42 Å². The zero-order chi connectivity index (χ0) is 17.9. The Balaban J connectivity index is 1.51. The minimum Gasteiger partial charge on any atom is -0.421 e. The lowest BCUT2D eigenvalue weighted by Gasteiger charge is -2.08. The van der Waals surface area contributed by atoms with E-state index in [1.807, 2.05) is 65.4 Å². The summed E-state index contributed by atoms with van der Waals surface area (Å²) in [6.45, 7) is 2.53. The van der Waals surface area contributed by atoms with Gasteiger partial charge in [-0.15, -0.1) is 10.2 Å². The molecule has 6 nitrogen and oxygen atoms in total. The number of nitrogens with zero attached hydrogens (tertiary/aromatic N) is 3. The summed E-state index contributed by atoms with van der Waals surface area (Å²) >= 11 is 0. The van der Waals surface area contributed by atoms with Gasteiger partial charge in [-0.05, 0) is 29.1 Å². The number of hydrogen-bond acceptors (Lipinski definition) is 4. The monoisotopic (exact) mass is 346 g/mol. The maximum atomic E-state index is 12.3. The zero-order valence-corrected chi connectivity index (χ0v) is 14.3. The molecule has 2 aromatic heterocycles. The van der Waals surface area contributed by atoms with Gasteiger partial charge in [-0.25, -0.2) is 0 Å². The van der Waals surface area contributed by atoms with Gasteiger partial charge in [-0.1, -0.05) is 36.4 Å². The minimum absolute atomic E-state index is 0.0367. The number of aromatic nitrogens is 3. The number of aryl methyl sites for hydroxylation is 1. The fraction of sp³-hybridized carbons (Fsp3) is 0.150. The van der Waals surface area contributed by atoms with Crippen molar-refractivity contribution in [2.45, 2.75) is 20.0 Å². The Morgan fingerprint density at radius 2 is 1.96 bits per heavy atom. The Morgan fingerprint density at radius 3 is 2.73 bits per heavy atom. The maximum absolute atomic E-state index is 12.3. The highest BCUT2D eigenvalue weighted by atomic mass is 16.4. The first-order valence-electron chi connectivity index (χ1n) is 8.39. The van der Waals surface area contributed by atoms with Crippen LogP contribution in [0.2, 0.25) is 0 Å². The summed E-state index contributed by atoms with van der Waals surface area (Å²) in [5, 5.41) is 11.9. The molecule has 0 aliphatic heterocycles. The van der Waals surface area contributed by atoms with Gasteiger partial charge in [-0.3, -0.25) is 4.79 Å². The summed E-state index contributed by atoms with van der Waals surface area (Å²) in [6.07, 6.45) is 1.91. The van der Waals surface area contributed by atoms with Gasteiger partial charge in [0.05, 0.1) is 0 Å². The number of rotatable bonds is 5. The number of nitrogens with one attached hydrogen (secondary N) is 1. The average Bonchev–Trinajstić information content (AvgIpc) is 3.27. The van der Waals surface area contributed by atoms with E-state index in [2.05, 4.69) is 15.5 Å². The average molecular weight is 346 g/mol. The molecule has 2 heterocycles. The van der Waals surface area contributed by atoms with Crippen LogP contribution in [0.3, 0.4) is 0 Å². The number of fused-ring (bicyclic) bond motifs is 1. The van der Waals surface area contributed by atoms with Gasteiger partial charge in [0.1, 0.15) is 6.54 Å². The quantitative estimate of drug-likeness (QED) is 0.602. The van der Waals surface area contributed by atoms with E-state index in [1.54, 1.807) is 6.92 Å². The molecule has 0 aliphatic rings. The molecule has 4 aromatic rings. The molecule has 0 spiro atoms. The van der Waals surface area contributed by atoms with Crippen molar-refractivity contribution in [3.63, 3.8) is 0 Å². The third-order valence-corrected chi connectivity index (χ3v) is 4.19. The standard InChI is InChI=1S/C20H18N4O2/c1-14-22-23-20(26-14)17-8-7-16-9-10-24(18(16)11-17)13-19(25)21-12-15-5-3-2-4-6-15/h2-11H,12-13H2,1H3,(H,21,25). The predicted octanol–water partition coefficient (Wildman–Crippen LogP) is 3.32. The van der Waals surface area contributed by atoms with E-state index >= 15 is 0 Å². The molecule has 1 amide bonds. The Morgan fingerprint density at radius 1 is 1.12 bits per heavy atom. The minimum atomic E-state index is -0.0367. The van der Waals surface area contributed by atoms with Crippen molar-refractivity contribution >= 4 is 16.8 Å². The summed E-state index contributed by atoms with van der Waals surface area (Å²) in [7, 11) is 0. The molecule has 130 valence electrons. The van der Waals surface area contributed by atoms with E-state index in [0.717, 1.165) is 22.0 Å². The smallest absolute Gasteiger partial charge is 0.247 e. The van der Waals surface area contributed by atoms with Crippen molar-refractivity contribution < 1.29 is 9.21 Å². The van der Waals surface area contributed by atoms with E-state index in [-0.39, 0.29) is 12.5 Å². The molecule has 0 atom stereocenters. The molecule has 1 N–H and O–H groups in total. The van der Waals surface area contributed by atoms with Crippen LogP contribution in [-0.2, 0) is 17.9 Å². The fourth-order valence-corrected chi connectivity index (χ4v) is 2.88. The lowest BCUT2D eigenvalue weighted by molar-refractivity contribution is -0.121. The van der Waals surface area contributed by atoms with Crippen molar-refractivity contribution in [3.8, 4) is 11.5 Å². The van der Waals surface area contributed by atoms with Crippen molar-refractivity contribution in [1.29, 1.82) is 0 Å². The fourth-order valence-electron chi connectivity index (χ4n) is 2.88. The lowest BCUT2D eigenvalue weighted by Crippen LogP contribution is -2.26. The van der Waals surface area contributed by atoms with E-state index in [1.165, 1.54) is 0 Å². The van der Waals surface area contributed by atoms with Gasteiger partial charge in [0.25, 0.3) is 0 Å². The number of benzene rings is 2. The molecule has 0 fully saturated rings. The normalized spacial score (nSPS) is 11.0. The second-order valence-corrected chi connectivity index (χ2v) is 6.11. The van der Waals surface area contributed by atoms with Crippen LogP contribution >= 0.6 is 0 Å². The number of amides is 1. The molecular formula is C20H18N4O2. The highest BCUT2D eigenvalue weighted by molar-refractivity contribution is 5.86. The largest absolute Gasteiger partial charge is 0.421 e. The molecule has 26 heavy (non-hydrogen) atoms. The van der Waals surface area contributed by atoms with Crippen LogP contribution in [0.5, 0.6) is 0 Å². The molecule has 0 radical (unpaired) electrons. The molecule has 2 aromatic carbocycles. The van der Waals surface area contributed by atoms with Crippen LogP contribution in [0.15, 0.2) is 65.2 Å².